The van der Waals surface area contributed by atoms with Gasteiger partial charge in [-0.1, -0.05) is 30.4 Å². The highest BCUT2D eigenvalue weighted by molar-refractivity contribution is 8.14. The SMILES string of the molecule is CCCC(=O)Sc1nnc(NC(=S)Nc2ccccc2OC)s1. The summed E-state index contributed by atoms with van der Waals surface area (Å²) >= 11 is 7.65. The van der Waals surface area contributed by atoms with Crippen LogP contribution in [0.3, 0.4) is 0 Å². The summed E-state index contributed by atoms with van der Waals surface area (Å²) in [5.41, 5.74) is 0.754. The first-order valence-electron chi connectivity index (χ1n) is 6.87. The molecule has 0 aliphatic rings. The van der Waals surface area contributed by atoms with Crippen LogP contribution in [-0.4, -0.2) is 27.5 Å². The molecule has 1 aromatic carbocycles. The average molecular weight is 369 g/mol. The van der Waals surface area contributed by atoms with Crippen molar-refractivity contribution in [3.05, 3.63) is 24.3 Å². The highest BCUT2D eigenvalue weighted by atomic mass is 32.2. The zero-order valence-electron chi connectivity index (χ0n) is 12.7. The number of methoxy groups -OCH3 is 1. The predicted octanol–water partition coefficient (Wildman–Crippen LogP) is 3.77. The first-order valence-corrected chi connectivity index (χ1v) is 8.91. The zero-order valence-corrected chi connectivity index (χ0v) is 15.1. The number of para-hydroxylation sites is 2. The zero-order chi connectivity index (χ0) is 16.7. The van der Waals surface area contributed by atoms with Crippen LogP contribution in [0.5, 0.6) is 5.75 Å². The molecule has 0 atom stereocenters. The number of benzene rings is 1. The second-order valence-corrected chi connectivity index (χ2v) is 7.07. The molecule has 1 heterocycles. The second-order valence-electron chi connectivity index (χ2n) is 4.38. The molecule has 0 aliphatic carbocycles. The van der Waals surface area contributed by atoms with Crippen LogP contribution in [0.4, 0.5) is 10.8 Å². The second kappa shape index (κ2) is 8.80. The Hall–Kier alpha value is -1.71. The van der Waals surface area contributed by atoms with Crippen molar-refractivity contribution in [3.8, 4) is 5.75 Å². The number of rotatable bonds is 6. The number of nitrogens with zero attached hydrogens (tertiary/aromatic N) is 2. The van der Waals surface area contributed by atoms with Crippen molar-refractivity contribution in [1.29, 1.82) is 0 Å². The highest BCUT2D eigenvalue weighted by Gasteiger charge is 2.11. The number of thiocarbonyl (C=S) groups is 1. The molecule has 1 aromatic heterocycles. The van der Waals surface area contributed by atoms with Gasteiger partial charge in [-0.3, -0.25) is 4.79 Å². The van der Waals surface area contributed by atoms with E-state index in [1.807, 2.05) is 31.2 Å². The maximum atomic E-state index is 11.6. The summed E-state index contributed by atoms with van der Waals surface area (Å²) in [7, 11) is 1.60. The number of ether oxygens (including phenoxy) is 1. The fourth-order valence-corrected chi connectivity index (χ4v) is 3.67. The fourth-order valence-electron chi connectivity index (χ4n) is 1.65. The lowest BCUT2D eigenvalue weighted by molar-refractivity contribution is -0.111. The summed E-state index contributed by atoms with van der Waals surface area (Å²) in [5, 5.41) is 14.9. The Morgan fingerprint density at radius 3 is 2.87 bits per heavy atom. The molecule has 0 saturated heterocycles. The molecule has 0 fully saturated rings. The third kappa shape index (κ3) is 5.45. The summed E-state index contributed by atoms with van der Waals surface area (Å²) < 4.78 is 5.85. The summed E-state index contributed by atoms with van der Waals surface area (Å²) in [6.07, 6.45) is 1.35. The number of hydrogen-bond acceptors (Lipinski definition) is 7. The molecule has 23 heavy (non-hydrogen) atoms. The van der Waals surface area contributed by atoms with Gasteiger partial charge in [0.25, 0.3) is 0 Å². The Morgan fingerprint density at radius 1 is 1.35 bits per heavy atom. The lowest BCUT2D eigenvalue weighted by Crippen LogP contribution is -2.19. The van der Waals surface area contributed by atoms with Gasteiger partial charge in [0.1, 0.15) is 5.75 Å². The molecule has 2 rings (SSSR count). The van der Waals surface area contributed by atoms with Crippen molar-refractivity contribution >= 4 is 56.4 Å². The topological polar surface area (TPSA) is 76.1 Å². The van der Waals surface area contributed by atoms with Gasteiger partial charge >= 0.3 is 0 Å². The first kappa shape index (κ1) is 17.6. The Kier molecular flexibility index (Phi) is 6.75. The van der Waals surface area contributed by atoms with Crippen LogP contribution in [0.2, 0.25) is 0 Å². The van der Waals surface area contributed by atoms with E-state index in [9.17, 15) is 4.79 Å². The van der Waals surface area contributed by atoms with Gasteiger partial charge < -0.3 is 15.4 Å². The third-order valence-corrected chi connectivity index (χ3v) is 4.66. The molecular formula is C14H16N4O2S3. The van der Waals surface area contributed by atoms with E-state index in [1.54, 1.807) is 7.11 Å². The summed E-state index contributed by atoms with van der Waals surface area (Å²) in [6, 6.07) is 7.45. The van der Waals surface area contributed by atoms with E-state index in [-0.39, 0.29) is 5.12 Å². The van der Waals surface area contributed by atoms with Gasteiger partial charge in [-0.15, -0.1) is 10.2 Å². The van der Waals surface area contributed by atoms with Crippen molar-refractivity contribution in [2.24, 2.45) is 0 Å². The van der Waals surface area contributed by atoms with Gasteiger partial charge in [-0.2, -0.15) is 0 Å². The minimum Gasteiger partial charge on any atom is -0.495 e. The van der Waals surface area contributed by atoms with E-state index in [1.165, 1.54) is 11.3 Å². The highest BCUT2D eigenvalue weighted by Crippen LogP contribution is 2.28. The molecule has 122 valence electrons. The van der Waals surface area contributed by atoms with E-state index in [0.29, 0.717) is 26.8 Å². The predicted molar refractivity (Wildman–Crippen MR) is 98.5 cm³/mol. The fraction of sp³-hybridized carbons (Fsp3) is 0.286. The molecule has 2 aromatic rings. The Bertz CT molecular complexity index is 690. The average Bonchev–Trinajstić information content (AvgIpc) is 2.94. The Balaban J connectivity index is 1.93. The Labute approximate surface area is 148 Å². The van der Waals surface area contributed by atoms with Crippen LogP contribution >= 0.6 is 35.3 Å². The quantitative estimate of drug-likeness (QED) is 0.589. The molecule has 0 spiro atoms. The molecule has 6 nitrogen and oxygen atoms in total. The van der Waals surface area contributed by atoms with Crippen LogP contribution in [0.1, 0.15) is 19.8 Å². The standard InChI is InChI=1S/C14H16N4O2S3/c1-3-6-11(19)22-14-18-17-13(23-14)16-12(21)15-9-7-4-5-8-10(9)20-2/h4-5,7-8H,3,6H2,1-2H3,(H2,15,16,17,21). The van der Waals surface area contributed by atoms with Gasteiger partial charge in [-0.25, -0.2) is 0 Å². The first-order chi connectivity index (χ1) is 11.1. The van der Waals surface area contributed by atoms with Gasteiger partial charge in [0.15, 0.2) is 14.6 Å². The molecule has 0 amide bonds. The largest absolute Gasteiger partial charge is 0.495 e. The van der Waals surface area contributed by atoms with Crippen LogP contribution in [-0.2, 0) is 4.79 Å². The molecular weight excluding hydrogens is 352 g/mol. The van der Waals surface area contributed by atoms with Crippen molar-refractivity contribution in [3.63, 3.8) is 0 Å². The molecule has 0 radical (unpaired) electrons. The van der Waals surface area contributed by atoms with Gasteiger partial charge in [-0.05, 0) is 42.5 Å². The van der Waals surface area contributed by atoms with E-state index < -0.39 is 0 Å². The summed E-state index contributed by atoms with van der Waals surface area (Å²) in [4.78, 5) is 11.6. The smallest absolute Gasteiger partial charge is 0.212 e. The normalized spacial score (nSPS) is 10.2. The lowest BCUT2D eigenvalue weighted by atomic mass is 10.3. The maximum absolute atomic E-state index is 11.6. The number of carbonyl (C=O) groups excluding carboxylic acids is 1. The van der Waals surface area contributed by atoms with Crippen LogP contribution in [0.25, 0.3) is 0 Å². The molecule has 0 saturated carbocycles. The minimum atomic E-state index is 0.0879. The van der Waals surface area contributed by atoms with E-state index in [2.05, 4.69) is 20.8 Å². The van der Waals surface area contributed by atoms with Gasteiger partial charge in [0.05, 0.1) is 12.8 Å². The number of thioether (sulfide) groups is 1. The molecule has 0 bridgehead atoms. The van der Waals surface area contributed by atoms with Crippen molar-refractivity contribution < 1.29 is 9.53 Å². The summed E-state index contributed by atoms with van der Waals surface area (Å²) in [6.45, 7) is 1.97. The molecule has 0 aliphatic heterocycles. The summed E-state index contributed by atoms with van der Waals surface area (Å²) in [5.74, 6) is 0.690. The van der Waals surface area contributed by atoms with E-state index in [4.69, 9.17) is 17.0 Å². The van der Waals surface area contributed by atoms with E-state index >= 15 is 0 Å². The lowest BCUT2D eigenvalue weighted by Gasteiger charge is -2.11. The van der Waals surface area contributed by atoms with Crippen LogP contribution in [0.15, 0.2) is 28.6 Å². The minimum absolute atomic E-state index is 0.0879. The number of aromatic nitrogens is 2. The number of nitrogens with one attached hydrogen (secondary N) is 2. The van der Waals surface area contributed by atoms with Crippen molar-refractivity contribution in [2.75, 3.05) is 17.7 Å². The van der Waals surface area contributed by atoms with Crippen LogP contribution in [0, 0.1) is 0 Å². The maximum Gasteiger partial charge on any atom is 0.212 e. The van der Waals surface area contributed by atoms with Gasteiger partial charge in [0.2, 0.25) is 5.13 Å². The molecule has 9 heteroatoms. The third-order valence-electron chi connectivity index (χ3n) is 2.64. The molecule has 2 N–H and O–H groups in total. The van der Waals surface area contributed by atoms with Crippen LogP contribution < -0.4 is 15.4 Å². The van der Waals surface area contributed by atoms with Gasteiger partial charge in [0, 0.05) is 6.42 Å². The van der Waals surface area contributed by atoms with Crippen molar-refractivity contribution in [2.45, 2.75) is 24.1 Å². The number of anilines is 2. The number of carbonyl (C=O) groups is 1. The Morgan fingerprint density at radius 2 is 2.13 bits per heavy atom. The van der Waals surface area contributed by atoms with Crippen molar-refractivity contribution in [1.82, 2.24) is 10.2 Å². The number of hydrogen-bond donors (Lipinski definition) is 2. The van der Waals surface area contributed by atoms with E-state index in [0.717, 1.165) is 23.9 Å². The monoisotopic (exact) mass is 368 g/mol. The molecule has 0 unspecified atom stereocenters.